The lowest BCUT2D eigenvalue weighted by Gasteiger charge is -2.08. The summed E-state index contributed by atoms with van der Waals surface area (Å²) < 4.78 is 4.94. The molecule has 23 heavy (non-hydrogen) atoms. The highest BCUT2D eigenvalue weighted by atomic mass is 16.5. The lowest BCUT2D eigenvalue weighted by atomic mass is 10.1. The van der Waals surface area contributed by atoms with Crippen LogP contribution in [0, 0.1) is 6.92 Å². The van der Waals surface area contributed by atoms with Crippen molar-refractivity contribution in [3.8, 4) is 0 Å². The van der Waals surface area contributed by atoms with E-state index in [1.165, 1.54) is 11.9 Å². The maximum Gasteiger partial charge on any atom is 0.270 e. The zero-order chi connectivity index (χ0) is 16.5. The number of ether oxygens (including phenoxy) is 1. The standard InChI is InChI=1S/C17H22N4O2/c1-13-4-6-14(7-5-13)11-19-16-10-15(20-12-21-16)17(22)18-8-3-9-23-2/h4-7,10,12H,3,8-9,11H2,1-2H3,(H,18,22)(H,19,20,21). The molecule has 6 heteroatoms. The van der Waals surface area contributed by atoms with Crippen LogP contribution >= 0.6 is 0 Å². The molecule has 0 aliphatic carbocycles. The molecule has 0 atom stereocenters. The highest BCUT2D eigenvalue weighted by Gasteiger charge is 2.08. The van der Waals surface area contributed by atoms with Gasteiger partial charge in [0, 0.05) is 32.9 Å². The number of nitrogens with zero attached hydrogens (tertiary/aromatic N) is 2. The number of methoxy groups -OCH3 is 1. The van der Waals surface area contributed by atoms with Gasteiger partial charge in [-0.3, -0.25) is 4.79 Å². The van der Waals surface area contributed by atoms with Gasteiger partial charge in [0.05, 0.1) is 0 Å². The van der Waals surface area contributed by atoms with E-state index in [0.29, 0.717) is 31.2 Å². The van der Waals surface area contributed by atoms with Crippen LogP contribution in [0.4, 0.5) is 5.82 Å². The molecule has 0 aliphatic heterocycles. The summed E-state index contributed by atoms with van der Waals surface area (Å²) in [5.74, 6) is 0.421. The SMILES string of the molecule is COCCCNC(=O)c1cc(NCc2ccc(C)cc2)ncn1. The second-order valence-corrected chi connectivity index (χ2v) is 5.23. The molecule has 1 aromatic heterocycles. The Morgan fingerprint density at radius 2 is 2.00 bits per heavy atom. The van der Waals surface area contributed by atoms with Crippen LogP contribution in [-0.2, 0) is 11.3 Å². The van der Waals surface area contributed by atoms with Crippen LogP contribution in [0.25, 0.3) is 0 Å². The third kappa shape index (κ3) is 5.67. The second kappa shape index (κ2) is 8.85. The number of aryl methyl sites for hydroxylation is 1. The van der Waals surface area contributed by atoms with E-state index in [1.54, 1.807) is 13.2 Å². The summed E-state index contributed by atoms with van der Waals surface area (Å²) in [6.07, 6.45) is 2.16. The number of carbonyl (C=O) groups excluding carboxylic acids is 1. The van der Waals surface area contributed by atoms with Crippen molar-refractivity contribution < 1.29 is 9.53 Å². The Balaban J connectivity index is 1.88. The summed E-state index contributed by atoms with van der Waals surface area (Å²) >= 11 is 0. The quantitative estimate of drug-likeness (QED) is 0.730. The zero-order valence-corrected chi connectivity index (χ0v) is 13.5. The summed E-state index contributed by atoms with van der Waals surface area (Å²) in [6, 6.07) is 9.91. The first-order chi connectivity index (χ1) is 11.2. The Morgan fingerprint density at radius 1 is 1.22 bits per heavy atom. The van der Waals surface area contributed by atoms with Gasteiger partial charge in [-0.05, 0) is 18.9 Å². The van der Waals surface area contributed by atoms with Crippen molar-refractivity contribution in [1.29, 1.82) is 0 Å². The van der Waals surface area contributed by atoms with E-state index in [1.807, 2.05) is 0 Å². The minimum absolute atomic E-state index is 0.207. The molecule has 1 amide bonds. The van der Waals surface area contributed by atoms with Gasteiger partial charge in [-0.1, -0.05) is 29.8 Å². The number of carbonyl (C=O) groups is 1. The van der Waals surface area contributed by atoms with E-state index in [4.69, 9.17) is 4.74 Å². The smallest absolute Gasteiger partial charge is 0.270 e. The van der Waals surface area contributed by atoms with E-state index in [9.17, 15) is 4.79 Å². The number of nitrogens with one attached hydrogen (secondary N) is 2. The average molecular weight is 314 g/mol. The Hall–Kier alpha value is -2.47. The minimum atomic E-state index is -0.207. The number of rotatable bonds is 8. The molecular formula is C17H22N4O2. The lowest BCUT2D eigenvalue weighted by molar-refractivity contribution is 0.0943. The summed E-state index contributed by atoms with van der Waals surface area (Å²) in [7, 11) is 1.64. The molecule has 0 radical (unpaired) electrons. The molecule has 0 saturated carbocycles. The molecule has 2 aromatic rings. The van der Waals surface area contributed by atoms with Crippen molar-refractivity contribution in [2.24, 2.45) is 0 Å². The number of hydrogen-bond acceptors (Lipinski definition) is 5. The Bertz CT molecular complexity index is 629. The Kier molecular flexibility index (Phi) is 6.50. The monoisotopic (exact) mass is 314 g/mol. The van der Waals surface area contributed by atoms with Crippen molar-refractivity contribution in [3.05, 3.63) is 53.5 Å². The normalized spacial score (nSPS) is 10.3. The van der Waals surface area contributed by atoms with E-state index < -0.39 is 0 Å². The van der Waals surface area contributed by atoms with Crippen LogP contribution in [0.15, 0.2) is 36.7 Å². The highest BCUT2D eigenvalue weighted by Crippen LogP contribution is 2.08. The van der Waals surface area contributed by atoms with Crippen molar-refractivity contribution in [2.75, 3.05) is 25.6 Å². The lowest BCUT2D eigenvalue weighted by Crippen LogP contribution is -2.26. The predicted molar refractivity (Wildman–Crippen MR) is 89.4 cm³/mol. The van der Waals surface area contributed by atoms with Crippen molar-refractivity contribution >= 4 is 11.7 Å². The van der Waals surface area contributed by atoms with Crippen molar-refractivity contribution in [1.82, 2.24) is 15.3 Å². The third-order valence-corrected chi connectivity index (χ3v) is 3.30. The van der Waals surface area contributed by atoms with Gasteiger partial charge in [-0.2, -0.15) is 0 Å². The van der Waals surface area contributed by atoms with Gasteiger partial charge in [0.2, 0.25) is 0 Å². The van der Waals surface area contributed by atoms with Gasteiger partial charge < -0.3 is 15.4 Å². The molecule has 2 N–H and O–H groups in total. The van der Waals surface area contributed by atoms with Gasteiger partial charge in [-0.25, -0.2) is 9.97 Å². The molecule has 0 saturated heterocycles. The predicted octanol–water partition coefficient (Wildman–Crippen LogP) is 2.16. The summed E-state index contributed by atoms with van der Waals surface area (Å²) in [6.45, 7) is 3.88. The molecule has 0 aliphatic rings. The first-order valence-electron chi connectivity index (χ1n) is 7.57. The van der Waals surface area contributed by atoms with Crippen molar-refractivity contribution in [3.63, 3.8) is 0 Å². The number of anilines is 1. The first kappa shape index (κ1) is 16.9. The Labute approximate surface area is 136 Å². The van der Waals surface area contributed by atoms with Gasteiger partial charge in [0.25, 0.3) is 5.91 Å². The van der Waals surface area contributed by atoms with Crippen LogP contribution < -0.4 is 10.6 Å². The van der Waals surface area contributed by atoms with Crippen LogP contribution in [-0.4, -0.2) is 36.1 Å². The second-order valence-electron chi connectivity index (χ2n) is 5.23. The molecule has 122 valence electrons. The fourth-order valence-electron chi connectivity index (χ4n) is 1.99. The van der Waals surface area contributed by atoms with Crippen LogP contribution in [0.2, 0.25) is 0 Å². The minimum Gasteiger partial charge on any atom is -0.385 e. The summed E-state index contributed by atoms with van der Waals surface area (Å²) in [5.41, 5.74) is 2.73. The van der Waals surface area contributed by atoms with Crippen LogP contribution in [0.1, 0.15) is 28.0 Å². The molecule has 1 aromatic carbocycles. The molecular weight excluding hydrogens is 292 g/mol. The molecule has 0 spiro atoms. The molecule has 6 nitrogen and oxygen atoms in total. The maximum atomic E-state index is 12.0. The Morgan fingerprint density at radius 3 is 2.74 bits per heavy atom. The highest BCUT2D eigenvalue weighted by molar-refractivity contribution is 5.92. The summed E-state index contributed by atoms with van der Waals surface area (Å²) in [4.78, 5) is 20.2. The first-order valence-corrected chi connectivity index (χ1v) is 7.57. The fourth-order valence-corrected chi connectivity index (χ4v) is 1.99. The number of hydrogen-bond donors (Lipinski definition) is 2. The van der Waals surface area contributed by atoms with E-state index in [-0.39, 0.29) is 5.91 Å². The summed E-state index contributed by atoms with van der Waals surface area (Å²) in [5, 5.41) is 6.00. The van der Waals surface area contributed by atoms with Crippen LogP contribution in [0.3, 0.4) is 0 Å². The topological polar surface area (TPSA) is 76.1 Å². The molecule has 1 heterocycles. The van der Waals surface area contributed by atoms with Gasteiger partial charge in [0.1, 0.15) is 17.8 Å². The maximum absolute atomic E-state index is 12.0. The van der Waals surface area contributed by atoms with E-state index >= 15 is 0 Å². The molecule has 0 bridgehead atoms. The zero-order valence-electron chi connectivity index (χ0n) is 13.5. The largest absolute Gasteiger partial charge is 0.385 e. The molecule has 0 fully saturated rings. The van der Waals surface area contributed by atoms with Crippen LogP contribution in [0.5, 0.6) is 0 Å². The average Bonchev–Trinajstić information content (AvgIpc) is 2.58. The van der Waals surface area contributed by atoms with Gasteiger partial charge in [-0.15, -0.1) is 0 Å². The van der Waals surface area contributed by atoms with Gasteiger partial charge >= 0.3 is 0 Å². The van der Waals surface area contributed by atoms with E-state index in [0.717, 1.165) is 12.0 Å². The molecule has 0 unspecified atom stereocenters. The third-order valence-electron chi connectivity index (χ3n) is 3.30. The molecule has 2 rings (SSSR count). The fraction of sp³-hybridized carbons (Fsp3) is 0.353. The number of aromatic nitrogens is 2. The van der Waals surface area contributed by atoms with Crippen molar-refractivity contribution in [2.45, 2.75) is 19.9 Å². The number of amides is 1. The van der Waals surface area contributed by atoms with E-state index in [2.05, 4.69) is 51.8 Å². The van der Waals surface area contributed by atoms with Gasteiger partial charge in [0.15, 0.2) is 0 Å². The number of benzene rings is 1.